The number of esters is 3. The fraction of sp³-hybridized carbons (Fsp3) is 0.833. The number of allylic oxidation sites excluding steroid dienone is 1. The van der Waals surface area contributed by atoms with Crippen LogP contribution in [0.4, 0.5) is 0 Å². The van der Waals surface area contributed by atoms with Gasteiger partial charge in [0.1, 0.15) is 12.2 Å². The lowest BCUT2D eigenvalue weighted by molar-refractivity contribution is -0.173. The van der Waals surface area contributed by atoms with Gasteiger partial charge in [0.15, 0.2) is 0 Å². The smallest absolute Gasteiger partial charge is 0.311 e. The van der Waals surface area contributed by atoms with Gasteiger partial charge in [-0.15, -0.1) is 0 Å². The van der Waals surface area contributed by atoms with Gasteiger partial charge in [-0.25, -0.2) is 0 Å². The van der Waals surface area contributed by atoms with Crippen molar-refractivity contribution in [3.8, 4) is 0 Å². The van der Waals surface area contributed by atoms with Gasteiger partial charge in [-0.2, -0.15) is 0 Å². The van der Waals surface area contributed by atoms with Crippen molar-refractivity contribution in [3.63, 3.8) is 0 Å². The molecule has 208 valence electrons. The van der Waals surface area contributed by atoms with Crippen molar-refractivity contribution in [2.45, 2.75) is 118 Å². The van der Waals surface area contributed by atoms with E-state index in [4.69, 9.17) is 14.2 Å². The van der Waals surface area contributed by atoms with E-state index in [1.165, 1.54) is 13.8 Å². The summed E-state index contributed by atoms with van der Waals surface area (Å²) in [4.78, 5) is 36.2. The van der Waals surface area contributed by atoms with Crippen LogP contribution in [0.25, 0.3) is 0 Å². The van der Waals surface area contributed by atoms with E-state index >= 15 is 0 Å². The van der Waals surface area contributed by atoms with E-state index in [9.17, 15) is 19.5 Å². The van der Waals surface area contributed by atoms with Gasteiger partial charge in [-0.05, 0) is 96.5 Å². The molecule has 3 fully saturated rings. The molecule has 0 amide bonds. The first kappa shape index (κ1) is 28.1. The molecule has 4 rings (SSSR count). The highest BCUT2D eigenvalue weighted by molar-refractivity contribution is 5.75. The van der Waals surface area contributed by atoms with Crippen LogP contribution >= 0.6 is 0 Å². The van der Waals surface area contributed by atoms with Crippen LogP contribution in [0.3, 0.4) is 0 Å². The lowest BCUT2D eigenvalue weighted by atomic mass is 9.46. The summed E-state index contributed by atoms with van der Waals surface area (Å²) in [5.74, 6) is -0.375. The van der Waals surface area contributed by atoms with Gasteiger partial charge in [0, 0.05) is 30.6 Å². The summed E-state index contributed by atoms with van der Waals surface area (Å²) in [6.07, 6.45) is 8.02. The molecule has 37 heavy (non-hydrogen) atoms. The molecule has 0 aliphatic heterocycles. The first-order valence-corrected chi connectivity index (χ1v) is 14.1. The Morgan fingerprint density at radius 3 is 2.41 bits per heavy atom. The largest absolute Gasteiger partial charge is 0.465 e. The zero-order valence-corrected chi connectivity index (χ0v) is 23.7. The second-order valence-corrected chi connectivity index (χ2v) is 13.5. The van der Waals surface area contributed by atoms with Crippen LogP contribution in [0.2, 0.25) is 0 Å². The third-order valence-electron chi connectivity index (χ3n) is 10.3. The topological polar surface area (TPSA) is 99.1 Å². The van der Waals surface area contributed by atoms with Gasteiger partial charge in [0.25, 0.3) is 0 Å². The van der Waals surface area contributed by atoms with E-state index < -0.39 is 16.4 Å². The van der Waals surface area contributed by atoms with Crippen molar-refractivity contribution in [3.05, 3.63) is 11.6 Å². The Morgan fingerprint density at radius 2 is 1.78 bits per heavy atom. The molecule has 0 aromatic rings. The summed E-state index contributed by atoms with van der Waals surface area (Å²) in [5.41, 5.74) is -1.14. The van der Waals surface area contributed by atoms with E-state index in [-0.39, 0.29) is 53.3 Å². The highest BCUT2D eigenvalue weighted by Gasteiger charge is 2.67. The summed E-state index contributed by atoms with van der Waals surface area (Å²) in [6, 6.07) is 0. The molecule has 0 bridgehead atoms. The van der Waals surface area contributed by atoms with Gasteiger partial charge in [0.2, 0.25) is 0 Å². The van der Waals surface area contributed by atoms with E-state index in [1.54, 1.807) is 0 Å². The average molecular weight is 519 g/mol. The minimum atomic E-state index is -0.982. The van der Waals surface area contributed by atoms with Gasteiger partial charge >= 0.3 is 17.9 Å². The number of ether oxygens (including phenoxy) is 3. The standard InChI is InChI=1S/C30H46O7/c1-18(36-26(33)27(4,5)6)23-12-15-30(34)25-9-8-21-16-22(37-20(3)32)10-14-29(21,17-35-19(2)31)24(25)11-13-28(23,30)7/h9,18,21-24,34H,8,10-17H2,1-7H3/t18?,21?,22?,23-,24+,28-,29-,30-/m1/s1. The predicted octanol–water partition coefficient (Wildman–Crippen LogP) is 5.13. The van der Waals surface area contributed by atoms with E-state index in [1.807, 2.05) is 27.7 Å². The zero-order chi connectivity index (χ0) is 27.4. The lowest BCUT2D eigenvalue weighted by Gasteiger charge is -2.60. The minimum absolute atomic E-state index is 0.0625. The maximum absolute atomic E-state index is 12.7. The van der Waals surface area contributed by atoms with Crippen molar-refractivity contribution < 1.29 is 33.7 Å². The summed E-state index contributed by atoms with van der Waals surface area (Å²) in [6.45, 7) is 13.0. The highest BCUT2D eigenvalue weighted by atomic mass is 16.5. The SMILES string of the molecule is CC(=O)OC[C@]12CCC(OC(C)=O)CC1CC=C1[C@@H]2CC[C@]2(C)[C@@H](C(C)OC(=O)C(C)(C)C)CC[C@@]12O. The van der Waals surface area contributed by atoms with Crippen LogP contribution in [0.15, 0.2) is 11.6 Å². The Hall–Kier alpha value is -1.89. The second kappa shape index (κ2) is 9.69. The zero-order valence-electron chi connectivity index (χ0n) is 23.7. The molecule has 0 aromatic heterocycles. The molecule has 1 N–H and O–H groups in total. The van der Waals surface area contributed by atoms with Crippen LogP contribution < -0.4 is 0 Å². The molecular formula is C30H46O7. The number of hydrogen-bond donors (Lipinski definition) is 1. The Labute approximate surface area is 221 Å². The molecule has 3 unspecified atom stereocenters. The highest BCUT2D eigenvalue weighted by Crippen LogP contribution is 2.68. The number of carbonyl (C=O) groups excluding carboxylic acids is 3. The molecule has 3 saturated carbocycles. The third kappa shape index (κ3) is 4.74. The molecule has 0 saturated heterocycles. The molecular weight excluding hydrogens is 472 g/mol. The van der Waals surface area contributed by atoms with E-state index in [0.29, 0.717) is 13.0 Å². The van der Waals surface area contributed by atoms with Crippen LogP contribution in [0.5, 0.6) is 0 Å². The Morgan fingerprint density at radius 1 is 1.08 bits per heavy atom. The van der Waals surface area contributed by atoms with Crippen molar-refractivity contribution in [1.82, 2.24) is 0 Å². The van der Waals surface area contributed by atoms with Gasteiger partial charge < -0.3 is 19.3 Å². The molecule has 0 radical (unpaired) electrons. The second-order valence-electron chi connectivity index (χ2n) is 13.5. The molecule has 0 spiro atoms. The maximum Gasteiger partial charge on any atom is 0.311 e. The fourth-order valence-corrected chi connectivity index (χ4v) is 8.35. The maximum atomic E-state index is 12.7. The van der Waals surface area contributed by atoms with Gasteiger partial charge in [-0.3, -0.25) is 14.4 Å². The van der Waals surface area contributed by atoms with E-state index in [2.05, 4.69) is 13.0 Å². The summed E-state index contributed by atoms with van der Waals surface area (Å²) in [7, 11) is 0. The molecule has 0 aromatic carbocycles. The van der Waals surface area contributed by atoms with Crippen LogP contribution in [0, 0.1) is 34.0 Å². The third-order valence-corrected chi connectivity index (χ3v) is 10.3. The minimum Gasteiger partial charge on any atom is -0.465 e. The lowest BCUT2D eigenvalue weighted by Crippen LogP contribution is -2.60. The Balaban J connectivity index is 1.63. The van der Waals surface area contributed by atoms with Crippen LogP contribution in [-0.2, 0) is 28.6 Å². The fourth-order valence-electron chi connectivity index (χ4n) is 8.35. The van der Waals surface area contributed by atoms with Gasteiger partial charge in [0.05, 0.1) is 17.6 Å². The molecule has 8 atom stereocenters. The number of rotatable bonds is 5. The van der Waals surface area contributed by atoms with E-state index in [0.717, 1.165) is 50.5 Å². The summed E-state index contributed by atoms with van der Waals surface area (Å²) >= 11 is 0. The molecule has 7 heteroatoms. The molecule has 4 aliphatic carbocycles. The van der Waals surface area contributed by atoms with Gasteiger partial charge in [-0.1, -0.05) is 13.0 Å². The van der Waals surface area contributed by atoms with Crippen molar-refractivity contribution in [1.29, 1.82) is 0 Å². The van der Waals surface area contributed by atoms with Crippen molar-refractivity contribution in [2.75, 3.05) is 6.61 Å². The van der Waals surface area contributed by atoms with Crippen LogP contribution in [0.1, 0.15) is 99.8 Å². The normalized spacial score (nSPS) is 39.8. The molecule has 7 nitrogen and oxygen atoms in total. The number of fused-ring (bicyclic) bond motifs is 5. The monoisotopic (exact) mass is 518 g/mol. The summed E-state index contributed by atoms with van der Waals surface area (Å²) in [5, 5.41) is 12.4. The Kier molecular flexibility index (Phi) is 7.37. The Bertz CT molecular complexity index is 963. The number of carbonyl (C=O) groups is 3. The first-order valence-electron chi connectivity index (χ1n) is 14.1. The predicted molar refractivity (Wildman–Crippen MR) is 138 cm³/mol. The average Bonchev–Trinajstić information content (AvgIpc) is 3.08. The first-order chi connectivity index (χ1) is 17.1. The number of aliphatic hydroxyl groups is 1. The van der Waals surface area contributed by atoms with Crippen LogP contribution in [-0.4, -0.2) is 47.4 Å². The number of hydrogen-bond acceptors (Lipinski definition) is 7. The molecule has 4 aliphatic rings. The quantitative estimate of drug-likeness (QED) is 0.306. The van der Waals surface area contributed by atoms with Crippen molar-refractivity contribution >= 4 is 17.9 Å². The van der Waals surface area contributed by atoms with Crippen molar-refractivity contribution in [2.24, 2.45) is 34.0 Å². The molecule has 0 heterocycles. The summed E-state index contributed by atoms with van der Waals surface area (Å²) < 4.78 is 17.2.